The topological polar surface area (TPSA) is 32.3 Å². The number of amides is 1. The molecule has 126 valence electrons. The first-order chi connectivity index (χ1) is 10.9. The summed E-state index contributed by atoms with van der Waals surface area (Å²) < 4.78 is 12.8. The number of carbonyl (C=O) groups excluding carboxylic acids is 1. The molecule has 1 aliphatic rings. The lowest BCUT2D eigenvalue weighted by atomic mass is 9.91. The predicted molar refractivity (Wildman–Crippen MR) is 92.4 cm³/mol. The van der Waals surface area contributed by atoms with Crippen LogP contribution in [0.3, 0.4) is 0 Å². The average molecular weight is 318 g/mol. The number of nitrogens with one attached hydrogen (secondary N) is 1. The highest BCUT2D eigenvalue weighted by molar-refractivity contribution is 5.91. The van der Waals surface area contributed by atoms with Gasteiger partial charge in [-0.05, 0) is 49.0 Å². The molecule has 1 amide bonds. The summed E-state index contributed by atoms with van der Waals surface area (Å²) in [6, 6.07) is 6.41. The number of nitrogens with zero attached hydrogens (tertiary/aromatic N) is 1. The van der Waals surface area contributed by atoms with Gasteiger partial charge >= 0.3 is 0 Å². The Hall–Kier alpha value is -1.68. The number of hydrogen-bond donors (Lipinski definition) is 1. The van der Waals surface area contributed by atoms with Crippen LogP contribution in [0.5, 0.6) is 0 Å². The van der Waals surface area contributed by atoms with Crippen molar-refractivity contribution in [3.8, 4) is 0 Å². The van der Waals surface area contributed by atoms with Crippen LogP contribution in [0.2, 0.25) is 0 Å². The molecule has 0 aromatic heterocycles. The largest absolute Gasteiger partial charge is 0.351 e. The van der Waals surface area contributed by atoms with Crippen molar-refractivity contribution in [3.63, 3.8) is 0 Å². The van der Waals surface area contributed by atoms with Gasteiger partial charge in [-0.2, -0.15) is 0 Å². The van der Waals surface area contributed by atoms with Crippen molar-refractivity contribution in [1.29, 1.82) is 0 Å². The molecule has 1 heterocycles. The second kappa shape index (κ2) is 8.25. The first kappa shape index (κ1) is 17.7. The zero-order valence-electron chi connectivity index (χ0n) is 14.3. The van der Waals surface area contributed by atoms with E-state index >= 15 is 0 Å². The Morgan fingerprint density at radius 1 is 1.30 bits per heavy atom. The minimum atomic E-state index is -0.273. The van der Waals surface area contributed by atoms with E-state index in [0.717, 1.165) is 30.5 Å². The van der Waals surface area contributed by atoms with Crippen molar-refractivity contribution < 1.29 is 9.18 Å². The van der Waals surface area contributed by atoms with Gasteiger partial charge in [0.15, 0.2) is 0 Å². The predicted octanol–water partition coefficient (Wildman–Crippen LogP) is 3.32. The zero-order valence-corrected chi connectivity index (χ0v) is 14.3. The van der Waals surface area contributed by atoms with E-state index in [1.165, 1.54) is 24.6 Å². The molecule has 4 heteroatoms. The lowest BCUT2D eigenvalue weighted by Gasteiger charge is -2.38. The molecule has 1 N–H and O–H groups in total. The number of rotatable bonds is 5. The highest BCUT2D eigenvalue weighted by Gasteiger charge is 2.25. The lowest BCUT2D eigenvalue weighted by Crippen LogP contribution is -2.48. The highest BCUT2D eigenvalue weighted by Crippen LogP contribution is 2.22. The molecule has 0 spiro atoms. The van der Waals surface area contributed by atoms with Gasteiger partial charge in [-0.25, -0.2) is 4.39 Å². The molecule has 1 aromatic carbocycles. The van der Waals surface area contributed by atoms with Crippen LogP contribution in [0.4, 0.5) is 4.39 Å². The number of likely N-dealkylation sites (tertiary alicyclic amines) is 1. The van der Waals surface area contributed by atoms with Crippen LogP contribution in [0.25, 0.3) is 6.08 Å². The van der Waals surface area contributed by atoms with Crippen LogP contribution < -0.4 is 5.32 Å². The second-order valence-electron chi connectivity index (χ2n) is 6.88. The molecule has 0 unspecified atom stereocenters. The van der Waals surface area contributed by atoms with E-state index in [2.05, 4.69) is 31.0 Å². The summed E-state index contributed by atoms with van der Waals surface area (Å²) in [6.45, 7) is 9.60. The fraction of sp³-hybridized carbons (Fsp3) is 0.526. The molecule has 0 radical (unpaired) electrons. The maximum absolute atomic E-state index is 12.8. The normalized spacial score (nSPS) is 23.8. The Balaban J connectivity index is 1.78. The number of carbonyl (C=O) groups is 1. The third-order valence-corrected chi connectivity index (χ3v) is 4.39. The van der Waals surface area contributed by atoms with Crippen LogP contribution in [-0.2, 0) is 4.79 Å². The third kappa shape index (κ3) is 5.79. The number of halogens is 1. The summed E-state index contributed by atoms with van der Waals surface area (Å²) in [5.41, 5.74) is 0.813. The van der Waals surface area contributed by atoms with Gasteiger partial charge in [-0.1, -0.05) is 26.0 Å². The monoisotopic (exact) mass is 318 g/mol. The smallest absolute Gasteiger partial charge is 0.244 e. The maximum atomic E-state index is 12.8. The molecular weight excluding hydrogens is 291 g/mol. The average Bonchev–Trinajstić information content (AvgIpc) is 2.51. The van der Waals surface area contributed by atoms with Gasteiger partial charge in [0.25, 0.3) is 0 Å². The van der Waals surface area contributed by atoms with E-state index in [1.807, 2.05) is 0 Å². The van der Waals surface area contributed by atoms with Gasteiger partial charge in [-0.15, -0.1) is 0 Å². The Morgan fingerprint density at radius 3 is 2.52 bits per heavy atom. The SMILES string of the molecule is C[C@@H]1C[C@@H](C)CN([C@@H](C)CNC(=O)/C=C/c2ccc(F)cc2)C1. The fourth-order valence-corrected chi connectivity index (χ4v) is 3.25. The molecule has 0 saturated carbocycles. The quantitative estimate of drug-likeness (QED) is 0.845. The summed E-state index contributed by atoms with van der Waals surface area (Å²) in [5.74, 6) is 1.05. The molecule has 3 atom stereocenters. The van der Waals surface area contributed by atoms with Crippen LogP contribution in [-0.4, -0.2) is 36.5 Å². The Labute approximate surface area is 138 Å². The second-order valence-corrected chi connectivity index (χ2v) is 6.88. The van der Waals surface area contributed by atoms with E-state index in [0.29, 0.717) is 12.6 Å². The zero-order chi connectivity index (χ0) is 16.8. The highest BCUT2D eigenvalue weighted by atomic mass is 19.1. The molecule has 0 aliphatic carbocycles. The van der Waals surface area contributed by atoms with Gasteiger partial charge in [0.05, 0.1) is 0 Å². The first-order valence-corrected chi connectivity index (χ1v) is 8.39. The Kier molecular flexibility index (Phi) is 6.34. The molecule has 3 nitrogen and oxygen atoms in total. The summed E-state index contributed by atoms with van der Waals surface area (Å²) in [4.78, 5) is 14.4. The van der Waals surface area contributed by atoms with E-state index in [1.54, 1.807) is 18.2 Å². The van der Waals surface area contributed by atoms with Crippen molar-refractivity contribution in [1.82, 2.24) is 10.2 Å². The molecule has 1 saturated heterocycles. The fourth-order valence-electron chi connectivity index (χ4n) is 3.25. The van der Waals surface area contributed by atoms with Crippen LogP contribution in [0.15, 0.2) is 30.3 Å². The van der Waals surface area contributed by atoms with Crippen molar-refractivity contribution in [2.45, 2.75) is 33.2 Å². The van der Waals surface area contributed by atoms with Crippen LogP contribution >= 0.6 is 0 Å². The van der Waals surface area contributed by atoms with Gasteiger partial charge in [0, 0.05) is 31.8 Å². The van der Waals surface area contributed by atoms with Crippen LogP contribution in [0.1, 0.15) is 32.8 Å². The first-order valence-electron chi connectivity index (χ1n) is 8.39. The van der Waals surface area contributed by atoms with E-state index in [-0.39, 0.29) is 11.7 Å². The molecular formula is C19H27FN2O. The van der Waals surface area contributed by atoms with Gasteiger partial charge < -0.3 is 5.32 Å². The van der Waals surface area contributed by atoms with Gasteiger partial charge in [0.1, 0.15) is 5.82 Å². The molecule has 1 fully saturated rings. The van der Waals surface area contributed by atoms with Gasteiger partial charge in [-0.3, -0.25) is 9.69 Å². The standard InChI is InChI=1S/C19H27FN2O/c1-14-10-15(2)13-22(12-14)16(3)11-21-19(23)9-6-17-4-7-18(20)8-5-17/h4-9,14-16H,10-13H2,1-3H3,(H,21,23)/b9-6+/t14-,15-,16+/m1/s1. The summed E-state index contributed by atoms with van der Waals surface area (Å²) in [7, 11) is 0. The third-order valence-electron chi connectivity index (χ3n) is 4.39. The van der Waals surface area contributed by atoms with E-state index < -0.39 is 0 Å². The number of piperidine rings is 1. The Morgan fingerprint density at radius 2 is 1.91 bits per heavy atom. The Bertz CT molecular complexity index is 531. The number of benzene rings is 1. The lowest BCUT2D eigenvalue weighted by molar-refractivity contribution is -0.116. The maximum Gasteiger partial charge on any atom is 0.244 e. The van der Waals surface area contributed by atoms with Crippen molar-refractivity contribution in [2.75, 3.05) is 19.6 Å². The van der Waals surface area contributed by atoms with Gasteiger partial charge in [0.2, 0.25) is 5.91 Å². The minimum absolute atomic E-state index is 0.112. The molecule has 1 aromatic rings. The molecule has 2 rings (SSSR count). The van der Waals surface area contributed by atoms with E-state index in [4.69, 9.17) is 0 Å². The summed E-state index contributed by atoms with van der Waals surface area (Å²) >= 11 is 0. The molecule has 1 aliphatic heterocycles. The van der Waals surface area contributed by atoms with Crippen molar-refractivity contribution >= 4 is 12.0 Å². The summed E-state index contributed by atoms with van der Waals surface area (Å²) in [5, 5.41) is 2.95. The van der Waals surface area contributed by atoms with Crippen molar-refractivity contribution in [2.24, 2.45) is 11.8 Å². The van der Waals surface area contributed by atoms with Crippen molar-refractivity contribution in [3.05, 3.63) is 41.7 Å². The number of hydrogen-bond acceptors (Lipinski definition) is 2. The minimum Gasteiger partial charge on any atom is -0.351 e. The van der Waals surface area contributed by atoms with Crippen LogP contribution in [0, 0.1) is 17.7 Å². The summed E-state index contributed by atoms with van der Waals surface area (Å²) in [6.07, 6.45) is 4.49. The van der Waals surface area contributed by atoms with E-state index in [9.17, 15) is 9.18 Å². The molecule has 23 heavy (non-hydrogen) atoms. The molecule has 0 bridgehead atoms.